The van der Waals surface area contributed by atoms with Gasteiger partial charge in [-0.2, -0.15) is 0 Å². The van der Waals surface area contributed by atoms with Gasteiger partial charge in [-0.25, -0.2) is 4.98 Å². The molecule has 28 heavy (non-hydrogen) atoms. The van der Waals surface area contributed by atoms with Crippen molar-refractivity contribution >= 4 is 40.7 Å². The maximum atomic E-state index is 13.0. The Balaban J connectivity index is 1.46. The van der Waals surface area contributed by atoms with Gasteiger partial charge in [0.05, 0.1) is 23.2 Å². The number of benzene rings is 1. The van der Waals surface area contributed by atoms with Crippen LogP contribution in [0, 0.1) is 5.92 Å². The molecule has 2 aromatic rings. The molecule has 9 heteroatoms. The van der Waals surface area contributed by atoms with Gasteiger partial charge in [-0.1, -0.05) is 23.2 Å². The molecule has 4 rings (SSSR count). The zero-order chi connectivity index (χ0) is 19.8. The number of anilines is 1. The average molecular weight is 424 g/mol. The number of aromatic nitrogens is 1. The highest BCUT2D eigenvalue weighted by Gasteiger charge is 2.39. The van der Waals surface area contributed by atoms with Crippen LogP contribution in [0.15, 0.2) is 22.6 Å². The molecule has 1 aromatic heterocycles. The molecule has 1 unspecified atom stereocenters. The molecule has 2 aliphatic rings. The molecule has 1 fully saturated rings. The molecule has 1 aromatic carbocycles. The summed E-state index contributed by atoms with van der Waals surface area (Å²) in [5, 5.41) is 0.891. The standard InChI is InChI=1S/C19H19Cl2N3O4/c1-27-10-17-22-14-9-23(5-4-16(14)28-17)19(26)11-6-18(25)24(8-11)15-3-2-12(20)7-13(15)21/h2-3,7,11H,4-6,8-10H2,1H3. The molecule has 0 aliphatic carbocycles. The van der Waals surface area contributed by atoms with Crippen LogP contribution in [-0.4, -0.2) is 41.9 Å². The first-order chi connectivity index (χ1) is 13.5. The van der Waals surface area contributed by atoms with Crippen molar-refractivity contribution in [2.75, 3.05) is 25.1 Å². The van der Waals surface area contributed by atoms with Gasteiger partial charge in [0.2, 0.25) is 17.7 Å². The minimum Gasteiger partial charge on any atom is -0.443 e. The highest BCUT2D eigenvalue weighted by molar-refractivity contribution is 6.36. The van der Waals surface area contributed by atoms with Crippen molar-refractivity contribution in [1.82, 2.24) is 9.88 Å². The fourth-order valence-corrected chi connectivity index (χ4v) is 4.20. The Labute approximate surface area is 172 Å². The molecular weight excluding hydrogens is 405 g/mol. The molecule has 7 nitrogen and oxygen atoms in total. The second kappa shape index (κ2) is 7.73. The summed E-state index contributed by atoms with van der Waals surface area (Å²) in [4.78, 5) is 33.2. The summed E-state index contributed by atoms with van der Waals surface area (Å²) in [6.07, 6.45) is 0.764. The second-order valence-corrected chi connectivity index (χ2v) is 7.77. The number of amides is 2. The summed E-state index contributed by atoms with van der Waals surface area (Å²) in [7, 11) is 1.58. The lowest BCUT2D eigenvalue weighted by Gasteiger charge is -2.27. The number of hydrogen-bond acceptors (Lipinski definition) is 5. The van der Waals surface area contributed by atoms with Gasteiger partial charge in [0.15, 0.2) is 0 Å². The van der Waals surface area contributed by atoms with Crippen LogP contribution in [0.25, 0.3) is 0 Å². The highest BCUT2D eigenvalue weighted by Crippen LogP contribution is 2.34. The lowest BCUT2D eigenvalue weighted by Crippen LogP contribution is -2.40. The quantitative estimate of drug-likeness (QED) is 0.754. The van der Waals surface area contributed by atoms with Gasteiger partial charge in [-0.05, 0) is 18.2 Å². The lowest BCUT2D eigenvalue weighted by atomic mass is 10.0. The number of rotatable bonds is 4. The number of hydrogen-bond donors (Lipinski definition) is 0. The molecule has 3 heterocycles. The molecule has 0 saturated carbocycles. The normalized spacial score (nSPS) is 19.2. The third-order valence-corrected chi connectivity index (χ3v) is 5.56. The number of carbonyl (C=O) groups excluding carboxylic acids is 2. The zero-order valence-electron chi connectivity index (χ0n) is 15.3. The number of fused-ring (bicyclic) bond motifs is 1. The molecule has 0 spiro atoms. The fraction of sp³-hybridized carbons (Fsp3) is 0.421. The molecule has 0 bridgehead atoms. The minimum absolute atomic E-state index is 0.0529. The van der Waals surface area contributed by atoms with Crippen LogP contribution in [0.5, 0.6) is 0 Å². The van der Waals surface area contributed by atoms with E-state index >= 15 is 0 Å². The third kappa shape index (κ3) is 3.62. The first-order valence-corrected chi connectivity index (χ1v) is 9.72. The van der Waals surface area contributed by atoms with Gasteiger partial charge >= 0.3 is 0 Å². The van der Waals surface area contributed by atoms with Gasteiger partial charge < -0.3 is 19.0 Å². The zero-order valence-corrected chi connectivity index (χ0v) is 16.8. The van der Waals surface area contributed by atoms with Crippen LogP contribution in [0.4, 0.5) is 5.69 Å². The Morgan fingerprint density at radius 3 is 2.96 bits per heavy atom. The smallest absolute Gasteiger partial charge is 0.228 e. The SMILES string of the molecule is COCc1nc2c(o1)CCN(C(=O)C1CC(=O)N(c3ccc(Cl)cc3Cl)C1)C2. The van der Waals surface area contributed by atoms with E-state index in [1.54, 1.807) is 35.1 Å². The molecule has 0 radical (unpaired) electrons. The van der Waals surface area contributed by atoms with Gasteiger partial charge in [0, 0.05) is 38.1 Å². The van der Waals surface area contributed by atoms with Crippen molar-refractivity contribution < 1.29 is 18.7 Å². The van der Waals surface area contributed by atoms with Crippen LogP contribution in [0.1, 0.15) is 23.8 Å². The van der Waals surface area contributed by atoms with Gasteiger partial charge in [-0.15, -0.1) is 0 Å². The van der Waals surface area contributed by atoms with E-state index in [0.717, 1.165) is 11.5 Å². The largest absolute Gasteiger partial charge is 0.443 e. The number of nitrogens with zero attached hydrogens (tertiary/aromatic N) is 3. The molecule has 2 amide bonds. The molecule has 0 N–H and O–H groups in total. The summed E-state index contributed by atoms with van der Waals surface area (Å²) in [5.74, 6) is 0.729. The van der Waals surface area contributed by atoms with Crippen molar-refractivity contribution in [3.8, 4) is 0 Å². The van der Waals surface area contributed by atoms with Gasteiger partial charge in [-0.3, -0.25) is 9.59 Å². The first kappa shape index (κ1) is 19.2. The number of methoxy groups -OCH3 is 1. The van der Waals surface area contributed by atoms with Crippen LogP contribution in [0.3, 0.4) is 0 Å². The fourth-order valence-electron chi connectivity index (χ4n) is 3.69. The summed E-state index contributed by atoms with van der Waals surface area (Å²) >= 11 is 12.2. The molecular formula is C19H19Cl2N3O4. The third-order valence-electron chi connectivity index (χ3n) is 5.03. The first-order valence-electron chi connectivity index (χ1n) is 8.97. The average Bonchev–Trinajstić information content (AvgIpc) is 3.24. The molecule has 1 atom stereocenters. The van der Waals surface area contributed by atoms with Crippen molar-refractivity contribution in [3.63, 3.8) is 0 Å². The molecule has 2 aliphatic heterocycles. The molecule has 1 saturated heterocycles. The number of ether oxygens (including phenoxy) is 1. The maximum absolute atomic E-state index is 13.0. The Morgan fingerprint density at radius 1 is 1.39 bits per heavy atom. The topological polar surface area (TPSA) is 75.9 Å². The maximum Gasteiger partial charge on any atom is 0.228 e. The highest BCUT2D eigenvalue weighted by atomic mass is 35.5. The monoisotopic (exact) mass is 423 g/mol. The second-order valence-electron chi connectivity index (χ2n) is 6.92. The van der Waals surface area contributed by atoms with Crippen molar-refractivity contribution in [2.24, 2.45) is 5.92 Å². The number of halogens is 2. The van der Waals surface area contributed by atoms with Gasteiger partial charge in [0.25, 0.3) is 0 Å². The van der Waals surface area contributed by atoms with E-state index in [2.05, 4.69) is 4.98 Å². The van der Waals surface area contributed by atoms with Crippen molar-refractivity contribution in [1.29, 1.82) is 0 Å². The van der Waals surface area contributed by atoms with Crippen LogP contribution in [0.2, 0.25) is 10.0 Å². The number of carbonyl (C=O) groups is 2. The molecule has 148 valence electrons. The summed E-state index contributed by atoms with van der Waals surface area (Å²) in [6, 6.07) is 4.98. The number of oxazole rings is 1. The van der Waals surface area contributed by atoms with Crippen LogP contribution >= 0.6 is 23.2 Å². The Hall–Kier alpha value is -2.09. The van der Waals surface area contributed by atoms with E-state index in [4.69, 9.17) is 32.4 Å². The van der Waals surface area contributed by atoms with Gasteiger partial charge in [0.1, 0.15) is 18.1 Å². The Bertz CT molecular complexity index is 930. The van der Waals surface area contributed by atoms with E-state index in [0.29, 0.717) is 54.3 Å². The Morgan fingerprint density at radius 2 is 2.21 bits per heavy atom. The van der Waals surface area contributed by atoms with E-state index in [1.807, 2.05) is 0 Å². The summed E-state index contributed by atoms with van der Waals surface area (Å²) in [5.41, 5.74) is 1.33. The van der Waals surface area contributed by atoms with Crippen LogP contribution < -0.4 is 4.90 Å². The van der Waals surface area contributed by atoms with E-state index < -0.39 is 5.92 Å². The summed E-state index contributed by atoms with van der Waals surface area (Å²) in [6.45, 7) is 1.53. The predicted octanol–water partition coefficient (Wildman–Crippen LogP) is 3.07. The van der Waals surface area contributed by atoms with Crippen molar-refractivity contribution in [2.45, 2.75) is 26.0 Å². The lowest BCUT2D eigenvalue weighted by molar-refractivity contribution is -0.136. The van der Waals surface area contributed by atoms with E-state index in [-0.39, 0.29) is 18.2 Å². The van der Waals surface area contributed by atoms with Crippen molar-refractivity contribution in [3.05, 3.63) is 45.6 Å². The Kier molecular flexibility index (Phi) is 5.31. The van der Waals surface area contributed by atoms with Crippen LogP contribution in [-0.2, 0) is 33.9 Å². The van der Waals surface area contributed by atoms with E-state index in [9.17, 15) is 9.59 Å². The predicted molar refractivity (Wildman–Crippen MR) is 103 cm³/mol. The minimum atomic E-state index is -0.411. The van der Waals surface area contributed by atoms with E-state index in [1.165, 1.54) is 0 Å². The summed E-state index contributed by atoms with van der Waals surface area (Å²) < 4.78 is 10.7.